The fourth-order valence-corrected chi connectivity index (χ4v) is 2.33. The second kappa shape index (κ2) is 3.59. The minimum absolute atomic E-state index is 0.0643. The van der Waals surface area contributed by atoms with Crippen LogP contribution in [0.4, 0.5) is 0 Å². The van der Waals surface area contributed by atoms with Gasteiger partial charge in [0.05, 0.1) is 25.2 Å². The average Bonchev–Trinajstić information content (AvgIpc) is 2.95. The van der Waals surface area contributed by atoms with E-state index in [1.165, 1.54) is 0 Å². The van der Waals surface area contributed by atoms with E-state index >= 15 is 0 Å². The van der Waals surface area contributed by atoms with Crippen molar-refractivity contribution in [2.45, 2.75) is 13.0 Å². The minimum atomic E-state index is -0.283. The van der Waals surface area contributed by atoms with Gasteiger partial charge < -0.3 is 9.47 Å². The summed E-state index contributed by atoms with van der Waals surface area (Å²) in [5.41, 5.74) is 0.858. The summed E-state index contributed by atoms with van der Waals surface area (Å²) in [4.78, 5) is 11.5. The van der Waals surface area contributed by atoms with Crippen LogP contribution in [0.2, 0.25) is 0 Å². The monoisotopic (exact) mass is 218 g/mol. The first-order valence-corrected chi connectivity index (χ1v) is 5.60. The fourth-order valence-electron chi connectivity index (χ4n) is 2.33. The van der Waals surface area contributed by atoms with E-state index in [-0.39, 0.29) is 11.4 Å². The number of fused-ring (bicyclic) bond motifs is 1. The van der Waals surface area contributed by atoms with Crippen molar-refractivity contribution >= 4 is 5.97 Å². The number of hydrogen-bond donors (Lipinski definition) is 0. The molecule has 0 amide bonds. The lowest BCUT2D eigenvalue weighted by atomic mass is 10.1. The molecule has 1 aromatic carbocycles. The minimum Gasteiger partial charge on any atom is -0.465 e. The zero-order valence-electron chi connectivity index (χ0n) is 9.02. The zero-order valence-corrected chi connectivity index (χ0v) is 9.02. The molecular weight excluding hydrogens is 204 g/mol. The molecule has 2 atom stereocenters. The Hall–Kier alpha value is -1.35. The number of carbonyl (C=O) groups excluding carboxylic acids is 1. The quantitative estimate of drug-likeness (QED) is 0.722. The molecule has 1 saturated carbocycles. The first-order valence-electron chi connectivity index (χ1n) is 5.60. The Morgan fingerprint density at radius 3 is 2.81 bits per heavy atom. The summed E-state index contributed by atoms with van der Waals surface area (Å²) in [5.74, 6) is 0.348. The molecule has 1 saturated heterocycles. The van der Waals surface area contributed by atoms with E-state index in [9.17, 15) is 4.79 Å². The number of rotatable bonds is 4. The third kappa shape index (κ3) is 1.52. The van der Waals surface area contributed by atoms with Gasteiger partial charge in [-0.2, -0.15) is 0 Å². The summed E-state index contributed by atoms with van der Waals surface area (Å²) in [6, 6.07) is 10.00. The Morgan fingerprint density at radius 2 is 2.19 bits per heavy atom. The second-order valence-electron chi connectivity index (χ2n) is 4.63. The molecule has 3 heteroatoms. The van der Waals surface area contributed by atoms with Crippen LogP contribution in [0.25, 0.3) is 0 Å². The highest BCUT2D eigenvalue weighted by Crippen LogP contribution is 2.57. The van der Waals surface area contributed by atoms with Gasteiger partial charge in [0, 0.05) is 5.92 Å². The van der Waals surface area contributed by atoms with E-state index in [2.05, 4.69) is 0 Å². The van der Waals surface area contributed by atoms with Gasteiger partial charge in [0.2, 0.25) is 0 Å². The number of carbonyl (C=O) groups is 1. The normalized spacial score (nSPS) is 31.0. The SMILES string of the molecule is O=C1OC[C@@H]2C[C@]12COCc1ccccc1. The van der Waals surface area contributed by atoms with Crippen molar-refractivity contribution < 1.29 is 14.3 Å². The molecule has 2 aliphatic rings. The topological polar surface area (TPSA) is 35.5 Å². The van der Waals surface area contributed by atoms with Gasteiger partial charge in [0.1, 0.15) is 0 Å². The van der Waals surface area contributed by atoms with E-state index in [0.717, 1.165) is 12.0 Å². The molecule has 0 unspecified atom stereocenters. The molecule has 1 aliphatic heterocycles. The lowest BCUT2D eigenvalue weighted by Gasteiger charge is -2.09. The van der Waals surface area contributed by atoms with Crippen LogP contribution in [0.3, 0.4) is 0 Å². The molecule has 3 nitrogen and oxygen atoms in total. The highest BCUT2D eigenvalue weighted by molar-refractivity contribution is 5.83. The summed E-state index contributed by atoms with van der Waals surface area (Å²) in [5, 5.41) is 0. The number of hydrogen-bond acceptors (Lipinski definition) is 3. The number of benzene rings is 1. The molecule has 1 heterocycles. The van der Waals surface area contributed by atoms with Gasteiger partial charge in [-0.15, -0.1) is 0 Å². The van der Waals surface area contributed by atoms with Crippen LogP contribution in [0.15, 0.2) is 30.3 Å². The van der Waals surface area contributed by atoms with Gasteiger partial charge >= 0.3 is 5.97 Å². The Kier molecular flexibility index (Phi) is 2.21. The van der Waals surface area contributed by atoms with Crippen LogP contribution in [-0.2, 0) is 20.9 Å². The molecule has 84 valence electrons. The molecule has 0 bridgehead atoms. The Labute approximate surface area is 94.4 Å². The predicted octanol–water partition coefficient (Wildman–Crippen LogP) is 1.77. The molecule has 0 N–H and O–H groups in total. The van der Waals surface area contributed by atoms with Crippen LogP contribution in [0.1, 0.15) is 12.0 Å². The van der Waals surface area contributed by atoms with Gasteiger partial charge in [0.25, 0.3) is 0 Å². The standard InChI is InChI=1S/C13H14O3/c14-12-13(6-11(13)8-16-12)9-15-7-10-4-2-1-3-5-10/h1-5,11H,6-9H2/t11-,13+/m0/s1. The molecule has 1 aromatic rings. The lowest BCUT2D eigenvalue weighted by molar-refractivity contribution is -0.147. The largest absolute Gasteiger partial charge is 0.465 e. The van der Waals surface area contributed by atoms with Gasteiger partial charge in [0.15, 0.2) is 0 Å². The van der Waals surface area contributed by atoms with Crippen molar-refractivity contribution in [3.8, 4) is 0 Å². The van der Waals surface area contributed by atoms with E-state index in [0.29, 0.717) is 25.7 Å². The van der Waals surface area contributed by atoms with Crippen molar-refractivity contribution in [3.63, 3.8) is 0 Å². The highest BCUT2D eigenvalue weighted by Gasteiger charge is 2.66. The van der Waals surface area contributed by atoms with Crippen LogP contribution >= 0.6 is 0 Å². The fraction of sp³-hybridized carbons (Fsp3) is 0.462. The molecular formula is C13H14O3. The molecule has 0 aromatic heterocycles. The first kappa shape index (κ1) is 9.85. The molecule has 0 radical (unpaired) electrons. The van der Waals surface area contributed by atoms with Gasteiger partial charge in [-0.25, -0.2) is 0 Å². The third-order valence-electron chi connectivity index (χ3n) is 3.53. The summed E-state index contributed by atoms with van der Waals surface area (Å²) in [6.45, 7) is 1.67. The summed E-state index contributed by atoms with van der Waals surface area (Å²) >= 11 is 0. The third-order valence-corrected chi connectivity index (χ3v) is 3.53. The van der Waals surface area contributed by atoms with Gasteiger partial charge in [-0.3, -0.25) is 4.79 Å². The predicted molar refractivity (Wildman–Crippen MR) is 57.6 cm³/mol. The molecule has 0 spiro atoms. The van der Waals surface area contributed by atoms with Crippen LogP contribution in [-0.4, -0.2) is 19.2 Å². The Bertz CT molecular complexity index is 401. The maximum atomic E-state index is 11.5. The van der Waals surface area contributed by atoms with Crippen LogP contribution in [0.5, 0.6) is 0 Å². The summed E-state index contributed by atoms with van der Waals surface area (Å²) in [6.07, 6.45) is 0.945. The molecule has 3 rings (SSSR count). The van der Waals surface area contributed by atoms with E-state index in [1.807, 2.05) is 30.3 Å². The van der Waals surface area contributed by atoms with Crippen molar-refractivity contribution in [2.75, 3.05) is 13.2 Å². The number of ether oxygens (including phenoxy) is 2. The van der Waals surface area contributed by atoms with E-state index in [1.54, 1.807) is 0 Å². The highest BCUT2D eigenvalue weighted by atomic mass is 16.5. The molecule has 2 fully saturated rings. The smallest absolute Gasteiger partial charge is 0.314 e. The molecule has 1 aliphatic carbocycles. The zero-order chi connectivity index (χ0) is 11.0. The van der Waals surface area contributed by atoms with Crippen molar-refractivity contribution in [2.24, 2.45) is 11.3 Å². The maximum Gasteiger partial charge on any atom is 0.314 e. The van der Waals surface area contributed by atoms with Crippen LogP contribution < -0.4 is 0 Å². The summed E-state index contributed by atoms with van der Waals surface area (Å²) < 4.78 is 10.6. The van der Waals surface area contributed by atoms with Crippen molar-refractivity contribution in [1.82, 2.24) is 0 Å². The second-order valence-corrected chi connectivity index (χ2v) is 4.63. The molecule has 16 heavy (non-hydrogen) atoms. The van der Waals surface area contributed by atoms with Crippen LogP contribution in [0, 0.1) is 11.3 Å². The summed E-state index contributed by atoms with van der Waals surface area (Å²) in [7, 11) is 0. The average molecular weight is 218 g/mol. The number of esters is 1. The Balaban J connectivity index is 1.53. The van der Waals surface area contributed by atoms with E-state index < -0.39 is 0 Å². The van der Waals surface area contributed by atoms with Crippen molar-refractivity contribution in [3.05, 3.63) is 35.9 Å². The first-order chi connectivity index (χ1) is 7.81. The van der Waals surface area contributed by atoms with Gasteiger partial charge in [-0.1, -0.05) is 30.3 Å². The lowest BCUT2D eigenvalue weighted by Crippen LogP contribution is -2.20. The van der Waals surface area contributed by atoms with E-state index in [4.69, 9.17) is 9.47 Å². The number of cyclic esters (lactones) is 1. The van der Waals surface area contributed by atoms with Crippen molar-refractivity contribution in [1.29, 1.82) is 0 Å². The van der Waals surface area contributed by atoms with Gasteiger partial charge in [-0.05, 0) is 12.0 Å². The maximum absolute atomic E-state index is 11.5. The Morgan fingerprint density at radius 1 is 1.38 bits per heavy atom.